The second-order valence-corrected chi connectivity index (χ2v) is 8.07. The number of hydrogen-bond donors (Lipinski definition) is 2. The van der Waals surface area contributed by atoms with Gasteiger partial charge >= 0.3 is 0 Å². The first kappa shape index (κ1) is 14.4. The topological polar surface area (TPSA) is 62.7 Å². The van der Waals surface area contributed by atoms with Gasteiger partial charge in [-0.2, -0.15) is 5.10 Å². The van der Waals surface area contributed by atoms with E-state index >= 15 is 0 Å². The number of rotatable bonds is 4. The van der Waals surface area contributed by atoms with Crippen LogP contribution in [-0.4, -0.2) is 20.7 Å². The Morgan fingerprint density at radius 1 is 1.60 bits per heavy atom. The van der Waals surface area contributed by atoms with Gasteiger partial charge in [0.15, 0.2) is 10.6 Å². The summed E-state index contributed by atoms with van der Waals surface area (Å²) >= 11 is 13.3. The molecule has 0 spiro atoms. The van der Waals surface area contributed by atoms with E-state index < -0.39 is 0 Å². The number of nitrogens with zero attached hydrogens (tertiary/aromatic N) is 2. The van der Waals surface area contributed by atoms with E-state index in [0.717, 1.165) is 26.9 Å². The predicted molar refractivity (Wildman–Crippen MR) is 86.6 cm³/mol. The van der Waals surface area contributed by atoms with Crippen molar-refractivity contribution in [3.63, 3.8) is 0 Å². The number of amides is 1. The molecule has 1 aliphatic rings. The molecule has 2 aromatic rings. The maximum atomic E-state index is 12.1. The summed E-state index contributed by atoms with van der Waals surface area (Å²) in [6, 6.07) is 2.24. The number of carbonyl (C=O) groups excluding carboxylic acids is 1. The summed E-state index contributed by atoms with van der Waals surface area (Å²) < 4.78 is 4.41. The van der Waals surface area contributed by atoms with Gasteiger partial charge in [0.25, 0.3) is 5.91 Å². The molecule has 0 atom stereocenters. The van der Waals surface area contributed by atoms with Crippen molar-refractivity contribution in [3.05, 3.63) is 29.8 Å². The van der Waals surface area contributed by atoms with Crippen LogP contribution in [0.3, 0.4) is 0 Å². The number of nitrogens with one attached hydrogen (secondary N) is 2. The van der Waals surface area contributed by atoms with Crippen LogP contribution in [0.15, 0.2) is 14.3 Å². The van der Waals surface area contributed by atoms with Gasteiger partial charge in [0.05, 0.1) is 15.2 Å². The van der Waals surface area contributed by atoms with Crippen LogP contribution in [0.1, 0.15) is 34.4 Å². The average molecular weight is 438 g/mol. The van der Waals surface area contributed by atoms with Gasteiger partial charge < -0.3 is 5.32 Å². The quantitative estimate of drug-likeness (QED) is 0.715. The van der Waals surface area contributed by atoms with Crippen LogP contribution in [0.25, 0.3) is 0 Å². The molecule has 106 valence electrons. The van der Waals surface area contributed by atoms with Crippen LogP contribution in [0, 0.1) is 4.77 Å². The molecule has 0 saturated heterocycles. The molecule has 1 saturated carbocycles. The van der Waals surface area contributed by atoms with Gasteiger partial charge in [-0.1, -0.05) is 0 Å². The van der Waals surface area contributed by atoms with E-state index in [0.29, 0.717) is 22.2 Å². The van der Waals surface area contributed by atoms with Crippen molar-refractivity contribution in [2.24, 2.45) is 0 Å². The first-order valence-corrected chi connectivity index (χ1v) is 8.76. The predicted octanol–water partition coefficient (Wildman–Crippen LogP) is 3.79. The minimum absolute atomic E-state index is 0.113. The lowest BCUT2D eigenvalue weighted by Crippen LogP contribution is -2.23. The Morgan fingerprint density at radius 3 is 2.95 bits per heavy atom. The van der Waals surface area contributed by atoms with E-state index in [1.807, 2.05) is 4.57 Å². The van der Waals surface area contributed by atoms with Crippen LogP contribution >= 0.6 is 55.4 Å². The molecule has 1 fully saturated rings. The van der Waals surface area contributed by atoms with E-state index in [1.165, 1.54) is 11.3 Å². The van der Waals surface area contributed by atoms with Gasteiger partial charge in [-0.25, -0.2) is 0 Å². The molecular weight excluding hydrogens is 428 g/mol. The van der Waals surface area contributed by atoms with Crippen LogP contribution in [-0.2, 0) is 6.54 Å². The molecule has 2 aromatic heterocycles. The maximum absolute atomic E-state index is 12.1. The third-order valence-corrected chi connectivity index (χ3v) is 6.51. The van der Waals surface area contributed by atoms with Crippen molar-refractivity contribution in [2.45, 2.75) is 25.4 Å². The molecule has 0 unspecified atom stereocenters. The summed E-state index contributed by atoms with van der Waals surface area (Å²) in [7, 11) is 0. The summed E-state index contributed by atoms with van der Waals surface area (Å²) in [5.41, 5.74) is 0. The van der Waals surface area contributed by atoms with Crippen LogP contribution < -0.4 is 5.32 Å². The fraction of sp³-hybridized carbons (Fsp3) is 0.364. The second kappa shape index (κ2) is 5.70. The smallest absolute Gasteiger partial charge is 0.261 e. The van der Waals surface area contributed by atoms with E-state index in [9.17, 15) is 4.79 Å². The van der Waals surface area contributed by atoms with Crippen LogP contribution in [0.2, 0.25) is 0 Å². The number of carbonyl (C=O) groups is 1. The summed E-state index contributed by atoms with van der Waals surface area (Å²) in [6.45, 7) is 0.371. The van der Waals surface area contributed by atoms with Crippen molar-refractivity contribution < 1.29 is 4.79 Å². The first-order chi connectivity index (χ1) is 9.56. The number of H-pyrrole nitrogens is 1. The third-order valence-electron chi connectivity index (χ3n) is 2.97. The highest BCUT2D eigenvalue weighted by atomic mass is 79.9. The highest BCUT2D eigenvalue weighted by molar-refractivity contribution is 9.13. The van der Waals surface area contributed by atoms with Gasteiger partial charge in [-0.15, -0.1) is 11.3 Å². The summed E-state index contributed by atoms with van der Waals surface area (Å²) in [5, 5.41) is 9.84. The lowest BCUT2D eigenvalue weighted by atomic mass is 10.4. The molecule has 20 heavy (non-hydrogen) atoms. The van der Waals surface area contributed by atoms with Crippen LogP contribution in [0.4, 0.5) is 0 Å². The molecule has 1 amide bonds. The Balaban J connectivity index is 1.70. The van der Waals surface area contributed by atoms with Crippen molar-refractivity contribution >= 4 is 61.3 Å². The molecule has 0 aliphatic heterocycles. The molecule has 9 heteroatoms. The number of aromatic amines is 1. The fourth-order valence-corrected chi connectivity index (χ4v) is 4.13. The minimum Gasteiger partial charge on any atom is -0.344 e. The van der Waals surface area contributed by atoms with Gasteiger partial charge in [0, 0.05) is 10.5 Å². The average Bonchev–Trinajstić information content (AvgIpc) is 3.10. The molecule has 1 aliphatic carbocycles. The maximum Gasteiger partial charge on any atom is 0.261 e. The highest BCUT2D eigenvalue weighted by Crippen LogP contribution is 2.36. The SMILES string of the molecule is O=C(NCc1n[nH]c(=S)n1C1CC1)c1cc(Br)c(Br)s1. The van der Waals surface area contributed by atoms with E-state index in [4.69, 9.17) is 12.2 Å². The van der Waals surface area contributed by atoms with Gasteiger partial charge in [-0.3, -0.25) is 14.5 Å². The van der Waals surface area contributed by atoms with Crippen molar-refractivity contribution in [1.82, 2.24) is 20.1 Å². The molecular formula is C11H10Br2N4OS2. The fourth-order valence-electron chi connectivity index (χ4n) is 1.88. The van der Waals surface area contributed by atoms with Crippen LogP contribution in [0.5, 0.6) is 0 Å². The number of hydrogen-bond acceptors (Lipinski definition) is 4. The second-order valence-electron chi connectivity index (χ2n) is 4.46. The standard InChI is InChI=1S/C11H10Br2N4OS2/c12-6-3-7(20-9(6)13)10(18)14-4-8-15-16-11(19)17(8)5-1-2-5/h3,5H,1-2,4H2,(H,14,18)(H,16,19). The summed E-state index contributed by atoms with van der Waals surface area (Å²) in [6.07, 6.45) is 2.25. The first-order valence-electron chi connectivity index (χ1n) is 5.95. The summed E-state index contributed by atoms with van der Waals surface area (Å²) in [5.74, 6) is 0.665. The molecule has 5 nitrogen and oxygen atoms in total. The van der Waals surface area contributed by atoms with Crippen molar-refractivity contribution in [2.75, 3.05) is 0 Å². The Bertz CT molecular complexity index is 697. The van der Waals surface area contributed by atoms with Crippen molar-refractivity contribution in [1.29, 1.82) is 0 Å². The molecule has 0 radical (unpaired) electrons. The van der Waals surface area contributed by atoms with E-state index in [-0.39, 0.29) is 5.91 Å². The summed E-state index contributed by atoms with van der Waals surface area (Å²) in [4.78, 5) is 12.7. The highest BCUT2D eigenvalue weighted by Gasteiger charge is 2.27. The molecule has 0 aromatic carbocycles. The Morgan fingerprint density at radius 2 is 2.35 bits per heavy atom. The van der Waals surface area contributed by atoms with Crippen molar-refractivity contribution in [3.8, 4) is 0 Å². The van der Waals surface area contributed by atoms with E-state index in [1.54, 1.807) is 6.07 Å². The zero-order chi connectivity index (χ0) is 14.3. The third kappa shape index (κ3) is 2.90. The van der Waals surface area contributed by atoms with Gasteiger partial charge in [0.2, 0.25) is 0 Å². The Hall–Kier alpha value is -0.510. The minimum atomic E-state index is -0.113. The van der Waals surface area contributed by atoms with Gasteiger partial charge in [0.1, 0.15) is 0 Å². The molecule has 2 heterocycles. The Kier molecular flexibility index (Phi) is 4.11. The van der Waals surface area contributed by atoms with E-state index in [2.05, 4.69) is 47.4 Å². The largest absolute Gasteiger partial charge is 0.344 e. The number of aromatic nitrogens is 3. The lowest BCUT2D eigenvalue weighted by molar-refractivity contribution is 0.0953. The lowest BCUT2D eigenvalue weighted by Gasteiger charge is -2.05. The Labute approximate surface area is 141 Å². The molecule has 3 rings (SSSR count). The zero-order valence-electron chi connectivity index (χ0n) is 10.2. The number of thiophene rings is 1. The van der Waals surface area contributed by atoms with Gasteiger partial charge in [-0.05, 0) is 63.0 Å². The number of halogens is 2. The molecule has 0 bridgehead atoms. The normalized spacial score (nSPS) is 14.5. The molecule has 2 N–H and O–H groups in total. The zero-order valence-corrected chi connectivity index (χ0v) is 15.0. The monoisotopic (exact) mass is 436 g/mol.